The number of ether oxygens (including phenoxy) is 2. The Hall–Kier alpha value is -1.87. The third-order valence-corrected chi connectivity index (χ3v) is 5.36. The summed E-state index contributed by atoms with van der Waals surface area (Å²) in [6.07, 6.45) is -1.76. The van der Waals surface area contributed by atoms with Gasteiger partial charge in [-0.15, -0.1) is 0 Å². The van der Waals surface area contributed by atoms with Gasteiger partial charge in [0.2, 0.25) is 5.91 Å². The van der Waals surface area contributed by atoms with Crippen LogP contribution >= 0.6 is 0 Å². The fourth-order valence-electron chi connectivity index (χ4n) is 3.99. The lowest BCUT2D eigenvalue weighted by Crippen LogP contribution is -2.57. The molecule has 1 amide bonds. The molecule has 2 fully saturated rings. The first-order valence-corrected chi connectivity index (χ1v) is 9.36. The molecule has 8 heteroatoms. The van der Waals surface area contributed by atoms with E-state index in [0.717, 1.165) is 37.6 Å². The molecule has 0 radical (unpaired) electrons. The number of aliphatic hydroxyl groups excluding tert-OH is 2. The predicted molar refractivity (Wildman–Crippen MR) is 101 cm³/mol. The fourth-order valence-corrected chi connectivity index (χ4v) is 3.99. The van der Waals surface area contributed by atoms with Gasteiger partial charge in [-0.1, -0.05) is 12.1 Å². The molecule has 2 aliphatic heterocycles. The first kappa shape index (κ1) is 19.9. The number of hydrogen-bond acceptors (Lipinski definition) is 7. The number of anilines is 1. The van der Waals surface area contributed by atoms with E-state index in [9.17, 15) is 15.0 Å². The molecule has 0 spiro atoms. The van der Waals surface area contributed by atoms with E-state index in [4.69, 9.17) is 9.47 Å². The minimum absolute atomic E-state index is 0.139. The molecule has 2 heterocycles. The fraction of sp³-hybridized carbons (Fsp3) is 0.632. The van der Waals surface area contributed by atoms with Crippen molar-refractivity contribution in [3.63, 3.8) is 0 Å². The molecular formula is C19H29N3O5. The predicted octanol–water partition coefficient (Wildman–Crippen LogP) is -0.557. The number of benzene rings is 1. The average Bonchev–Trinajstić information content (AvgIpc) is 3.02. The number of aliphatic hydroxyl groups is 2. The zero-order chi connectivity index (χ0) is 19.4. The Labute approximate surface area is 159 Å². The quantitative estimate of drug-likeness (QED) is 0.610. The second-order valence-corrected chi connectivity index (χ2v) is 7.01. The van der Waals surface area contributed by atoms with E-state index in [2.05, 4.69) is 15.1 Å². The number of nitrogens with zero attached hydrogens (tertiary/aromatic N) is 2. The van der Waals surface area contributed by atoms with Gasteiger partial charge in [-0.2, -0.15) is 0 Å². The van der Waals surface area contributed by atoms with Crippen LogP contribution in [0.1, 0.15) is 6.92 Å². The van der Waals surface area contributed by atoms with Crippen LogP contribution in [-0.4, -0.2) is 91.8 Å². The van der Waals surface area contributed by atoms with E-state index in [1.165, 1.54) is 6.92 Å². The van der Waals surface area contributed by atoms with Crippen LogP contribution in [0.3, 0.4) is 0 Å². The second kappa shape index (κ2) is 8.88. The molecular weight excluding hydrogens is 350 g/mol. The van der Waals surface area contributed by atoms with Gasteiger partial charge in [0.25, 0.3) is 0 Å². The monoisotopic (exact) mass is 379 g/mol. The zero-order valence-electron chi connectivity index (χ0n) is 15.9. The molecule has 1 aromatic carbocycles. The number of para-hydroxylation sites is 2. The van der Waals surface area contributed by atoms with Gasteiger partial charge in [0.15, 0.2) is 0 Å². The highest BCUT2D eigenvalue weighted by Gasteiger charge is 2.46. The lowest BCUT2D eigenvalue weighted by molar-refractivity contribution is -0.119. The molecule has 4 atom stereocenters. The van der Waals surface area contributed by atoms with Crippen molar-refractivity contribution in [1.82, 2.24) is 10.2 Å². The van der Waals surface area contributed by atoms with Crippen LogP contribution in [-0.2, 0) is 9.53 Å². The molecule has 1 aromatic rings. The number of carbonyl (C=O) groups is 1. The van der Waals surface area contributed by atoms with Crippen LogP contribution in [0.25, 0.3) is 0 Å². The van der Waals surface area contributed by atoms with Crippen molar-refractivity contribution in [2.45, 2.75) is 31.3 Å². The van der Waals surface area contributed by atoms with E-state index in [0.29, 0.717) is 6.54 Å². The first-order valence-electron chi connectivity index (χ1n) is 9.36. The van der Waals surface area contributed by atoms with Crippen LogP contribution in [0, 0.1) is 0 Å². The molecule has 3 rings (SSSR count). The number of carbonyl (C=O) groups excluding carboxylic acids is 1. The molecule has 2 saturated heterocycles. The summed E-state index contributed by atoms with van der Waals surface area (Å²) in [6, 6.07) is 7.68. The van der Waals surface area contributed by atoms with Gasteiger partial charge in [-0.25, -0.2) is 0 Å². The summed E-state index contributed by atoms with van der Waals surface area (Å²) in [7, 11) is 1.67. The highest BCUT2D eigenvalue weighted by Crippen LogP contribution is 2.31. The highest BCUT2D eigenvalue weighted by molar-refractivity contribution is 5.72. The number of piperazine rings is 1. The Kier molecular flexibility index (Phi) is 6.54. The number of rotatable bonds is 6. The number of hydrogen-bond donors (Lipinski definition) is 3. The van der Waals surface area contributed by atoms with Gasteiger partial charge in [0.05, 0.1) is 31.5 Å². The summed E-state index contributed by atoms with van der Waals surface area (Å²) in [5, 5.41) is 22.9. The number of amides is 1. The molecule has 2 aliphatic rings. The topological polar surface area (TPSA) is 94.5 Å². The van der Waals surface area contributed by atoms with E-state index < -0.39 is 12.2 Å². The SMILES string of the molecule is COc1ccccc1N1CCN([C@@H]2[C@H](O)[C@H](CO)O[C@H]2CNC(C)=O)CC1. The summed E-state index contributed by atoms with van der Waals surface area (Å²) < 4.78 is 11.3. The summed E-state index contributed by atoms with van der Waals surface area (Å²) in [5.41, 5.74) is 1.06. The van der Waals surface area contributed by atoms with Crippen molar-refractivity contribution in [3.8, 4) is 5.75 Å². The maximum absolute atomic E-state index is 11.3. The zero-order valence-corrected chi connectivity index (χ0v) is 15.9. The summed E-state index contributed by atoms with van der Waals surface area (Å²) in [5.74, 6) is 0.708. The van der Waals surface area contributed by atoms with Crippen molar-refractivity contribution in [3.05, 3.63) is 24.3 Å². The van der Waals surface area contributed by atoms with Gasteiger partial charge in [-0.3, -0.25) is 9.69 Å². The van der Waals surface area contributed by atoms with Gasteiger partial charge in [-0.05, 0) is 12.1 Å². The molecule has 0 saturated carbocycles. The third kappa shape index (κ3) is 4.35. The van der Waals surface area contributed by atoms with Crippen molar-refractivity contribution >= 4 is 11.6 Å². The lowest BCUT2D eigenvalue weighted by Gasteiger charge is -2.41. The van der Waals surface area contributed by atoms with Crippen molar-refractivity contribution in [1.29, 1.82) is 0 Å². The summed E-state index contributed by atoms with van der Waals surface area (Å²) >= 11 is 0. The van der Waals surface area contributed by atoms with Gasteiger partial charge >= 0.3 is 0 Å². The van der Waals surface area contributed by atoms with Crippen LogP contribution in [0.5, 0.6) is 5.75 Å². The molecule has 0 aromatic heterocycles. The largest absolute Gasteiger partial charge is 0.495 e. The van der Waals surface area contributed by atoms with Crippen LogP contribution in [0.15, 0.2) is 24.3 Å². The van der Waals surface area contributed by atoms with Gasteiger partial charge < -0.3 is 29.9 Å². The minimum Gasteiger partial charge on any atom is -0.495 e. The van der Waals surface area contributed by atoms with Crippen LogP contribution in [0.4, 0.5) is 5.69 Å². The van der Waals surface area contributed by atoms with E-state index >= 15 is 0 Å². The van der Waals surface area contributed by atoms with Gasteiger partial charge in [0.1, 0.15) is 18.0 Å². The van der Waals surface area contributed by atoms with E-state index in [1.54, 1.807) is 7.11 Å². The third-order valence-electron chi connectivity index (χ3n) is 5.36. The standard InChI is InChI=1S/C19H29N3O5/c1-13(24)20-11-16-18(19(25)17(12-23)27-16)22-9-7-21(8-10-22)14-5-3-4-6-15(14)26-2/h3-6,16-19,23,25H,7-12H2,1-2H3,(H,20,24)/t16-,17-,18-,19+/m0/s1. The van der Waals surface area contributed by atoms with Crippen molar-refractivity contribution in [2.75, 3.05) is 51.3 Å². The van der Waals surface area contributed by atoms with E-state index in [-0.39, 0.29) is 24.7 Å². The first-order chi connectivity index (χ1) is 13.0. The van der Waals surface area contributed by atoms with Gasteiger partial charge in [0, 0.05) is 39.6 Å². The molecule has 0 unspecified atom stereocenters. The van der Waals surface area contributed by atoms with Crippen molar-refractivity contribution in [2.24, 2.45) is 0 Å². The lowest BCUT2D eigenvalue weighted by atomic mass is 10.0. The average molecular weight is 379 g/mol. The number of nitrogens with one attached hydrogen (secondary N) is 1. The van der Waals surface area contributed by atoms with Crippen LogP contribution < -0.4 is 15.0 Å². The highest BCUT2D eigenvalue weighted by atomic mass is 16.5. The maximum Gasteiger partial charge on any atom is 0.216 e. The van der Waals surface area contributed by atoms with Crippen molar-refractivity contribution < 1.29 is 24.5 Å². The summed E-state index contributed by atoms with van der Waals surface area (Å²) in [6.45, 7) is 4.61. The number of methoxy groups -OCH3 is 1. The molecule has 0 bridgehead atoms. The molecule has 150 valence electrons. The smallest absolute Gasteiger partial charge is 0.216 e. The Bertz CT molecular complexity index is 636. The Morgan fingerprint density at radius 3 is 2.59 bits per heavy atom. The van der Waals surface area contributed by atoms with E-state index in [1.807, 2.05) is 24.3 Å². The normalized spacial score (nSPS) is 29.0. The Balaban J connectivity index is 1.66. The second-order valence-electron chi connectivity index (χ2n) is 7.01. The summed E-state index contributed by atoms with van der Waals surface area (Å²) in [4.78, 5) is 15.7. The maximum atomic E-state index is 11.3. The molecule has 0 aliphatic carbocycles. The molecule has 8 nitrogen and oxygen atoms in total. The minimum atomic E-state index is -0.786. The van der Waals surface area contributed by atoms with Crippen LogP contribution in [0.2, 0.25) is 0 Å². The molecule has 3 N–H and O–H groups in total. The Morgan fingerprint density at radius 2 is 1.96 bits per heavy atom. The molecule has 27 heavy (non-hydrogen) atoms. The Morgan fingerprint density at radius 1 is 1.26 bits per heavy atom.